The fourth-order valence-corrected chi connectivity index (χ4v) is 8.43. The van der Waals surface area contributed by atoms with Crippen molar-refractivity contribution < 1.29 is 8.83 Å². The molecule has 0 saturated heterocycles. The van der Waals surface area contributed by atoms with Crippen LogP contribution in [0.15, 0.2) is 219 Å². The number of amidine groups is 2. The molecule has 11 aromatic rings. The zero-order valence-corrected chi connectivity index (χ0v) is 32.5. The highest BCUT2D eigenvalue weighted by Gasteiger charge is 2.17. The third-order valence-electron chi connectivity index (χ3n) is 11.4. The summed E-state index contributed by atoms with van der Waals surface area (Å²) in [6, 6.07) is 68.9. The van der Waals surface area contributed by atoms with E-state index in [9.17, 15) is 0 Å². The Bertz CT molecular complexity index is 3440. The van der Waals surface area contributed by atoms with Gasteiger partial charge in [0.2, 0.25) is 0 Å². The summed E-state index contributed by atoms with van der Waals surface area (Å²) in [5, 5.41) is 6.75. The number of hydrogen-bond donors (Lipinski definition) is 1. The minimum absolute atomic E-state index is 0.392. The first-order valence-electron chi connectivity index (χ1n) is 20.1. The summed E-state index contributed by atoms with van der Waals surface area (Å²) < 4.78 is 12.8. The fraction of sp³-hybridized carbons (Fsp3) is 0.0182. The lowest BCUT2D eigenvalue weighted by Gasteiger charge is -2.10. The van der Waals surface area contributed by atoms with E-state index in [1.165, 1.54) is 16.3 Å². The number of hydrogen-bond acceptors (Lipinski definition) is 3. The van der Waals surface area contributed by atoms with Gasteiger partial charge in [0.25, 0.3) is 0 Å². The van der Waals surface area contributed by atoms with Crippen LogP contribution in [0.3, 0.4) is 0 Å². The van der Waals surface area contributed by atoms with Gasteiger partial charge in [0.15, 0.2) is 5.84 Å². The first-order valence-corrected chi connectivity index (χ1v) is 20.1. The molecular formula is C55H37N3O2. The molecule has 0 unspecified atom stereocenters. The zero-order valence-electron chi connectivity index (χ0n) is 32.5. The highest BCUT2D eigenvalue weighted by Crippen LogP contribution is 2.41. The van der Waals surface area contributed by atoms with Crippen LogP contribution in [0.5, 0.6) is 0 Å². The largest absolute Gasteiger partial charge is 0.456 e. The van der Waals surface area contributed by atoms with Gasteiger partial charge in [0, 0.05) is 38.2 Å². The predicted octanol–water partition coefficient (Wildman–Crippen LogP) is 14.0. The average molecular weight is 772 g/mol. The topological polar surface area (TPSA) is 77.0 Å². The summed E-state index contributed by atoms with van der Waals surface area (Å²) >= 11 is 0. The van der Waals surface area contributed by atoms with E-state index < -0.39 is 0 Å². The molecule has 0 fully saturated rings. The lowest BCUT2D eigenvalue weighted by Crippen LogP contribution is -2.16. The number of rotatable bonds is 7. The van der Waals surface area contributed by atoms with Crippen molar-refractivity contribution in [3.63, 3.8) is 0 Å². The minimum Gasteiger partial charge on any atom is -0.456 e. The standard InChI is InChI=1S/C55H37N3O2/c56-54(58-55(57-34-35-11-2-1-3-12-35)40-29-25-37(26-30-40)43-17-8-14-36-13-4-5-15-42(36)43)39-27-23-38(24-28-39)44-18-10-22-51-52(44)48-33-41(31-32-50(48)59-51)45-19-9-20-47-46-16-6-7-21-49(46)60-53(45)47/h1-33H,34H2,(H2,56,57,58). The van der Waals surface area contributed by atoms with E-state index in [2.05, 4.69) is 146 Å². The van der Waals surface area contributed by atoms with Crippen molar-refractivity contribution in [2.75, 3.05) is 0 Å². The van der Waals surface area contributed by atoms with Gasteiger partial charge in [0.1, 0.15) is 28.2 Å². The van der Waals surface area contributed by atoms with Crippen LogP contribution >= 0.6 is 0 Å². The Kier molecular flexibility index (Phi) is 8.63. The smallest absolute Gasteiger partial charge is 0.157 e. The van der Waals surface area contributed by atoms with Gasteiger partial charge in [-0.2, -0.15) is 0 Å². The van der Waals surface area contributed by atoms with Crippen LogP contribution in [0.1, 0.15) is 16.7 Å². The Labute approximate surface area is 346 Å². The summed E-state index contributed by atoms with van der Waals surface area (Å²) in [6.45, 7) is 0.481. The maximum absolute atomic E-state index is 6.81. The molecule has 0 aliphatic heterocycles. The van der Waals surface area contributed by atoms with Gasteiger partial charge in [0.05, 0.1) is 6.54 Å². The Morgan fingerprint density at radius 1 is 0.433 bits per heavy atom. The number of nitrogens with two attached hydrogens (primary N) is 1. The van der Waals surface area contributed by atoms with E-state index >= 15 is 0 Å². The van der Waals surface area contributed by atoms with Gasteiger partial charge in [-0.3, -0.25) is 4.99 Å². The summed E-state index contributed by atoms with van der Waals surface area (Å²) in [5.74, 6) is 0.969. The molecule has 284 valence electrons. The van der Waals surface area contributed by atoms with E-state index in [4.69, 9.17) is 24.6 Å². The molecular weight excluding hydrogens is 735 g/mol. The molecule has 0 radical (unpaired) electrons. The number of aliphatic imine (C=N–C) groups is 2. The van der Waals surface area contributed by atoms with Crippen molar-refractivity contribution in [1.29, 1.82) is 0 Å². The number of para-hydroxylation sites is 2. The van der Waals surface area contributed by atoms with Crippen molar-refractivity contribution in [1.82, 2.24) is 0 Å². The predicted molar refractivity (Wildman–Crippen MR) is 249 cm³/mol. The highest BCUT2D eigenvalue weighted by molar-refractivity contribution is 6.15. The van der Waals surface area contributed by atoms with Gasteiger partial charge < -0.3 is 14.6 Å². The minimum atomic E-state index is 0.392. The first kappa shape index (κ1) is 35.2. The van der Waals surface area contributed by atoms with Crippen LogP contribution in [0.2, 0.25) is 0 Å². The molecule has 0 bridgehead atoms. The van der Waals surface area contributed by atoms with E-state index in [1.54, 1.807) is 0 Å². The van der Waals surface area contributed by atoms with E-state index in [1.807, 2.05) is 54.6 Å². The Morgan fingerprint density at radius 2 is 1.03 bits per heavy atom. The summed E-state index contributed by atoms with van der Waals surface area (Å²) in [7, 11) is 0. The molecule has 11 rings (SSSR count). The van der Waals surface area contributed by atoms with Crippen LogP contribution in [0.4, 0.5) is 0 Å². The summed E-state index contributed by atoms with van der Waals surface area (Å²) in [5.41, 5.74) is 19.6. The number of benzene rings is 9. The molecule has 0 saturated carbocycles. The second kappa shape index (κ2) is 14.7. The van der Waals surface area contributed by atoms with Gasteiger partial charge in [-0.25, -0.2) is 4.99 Å². The maximum Gasteiger partial charge on any atom is 0.157 e. The van der Waals surface area contributed by atoms with Gasteiger partial charge >= 0.3 is 0 Å². The molecule has 0 aliphatic carbocycles. The lowest BCUT2D eigenvalue weighted by molar-refractivity contribution is 0.668. The van der Waals surface area contributed by atoms with Crippen molar-refractivity contribution >= 4 is 66.3 Å². The van der Waals surface area contributed by atoms with Gasteiger partial charge in [-0.1, -0.05) is 176 Å². The van der Waals surface area contributed by atoms with Crippen molar-refractivity contribution in [2.45, 2.75) is 6.54 Å². The van der Waals surface area contributed by atoms with Crippen molar-refractivity contribution in [3.05, 3.63) is 217 Å². The van der Waals surface area contributed by atoms with Gasteiger partial charge in [-0.05, 0) is 68.4 Å². The molecule has 2 aromatic heterocycles. The highest BCUT2D eigenvalue weighted by atomic mass is 16.3. The molecule has 2 N–H and O–H groups in total. The van der Waals surface area contributed by atoms with Crippen LogP contribution in [0, 0.1) is 0 Å². The number of fused-ring (bicyclic) bond motifs is 7. The van der Waals surface area contributed by atoms with E-state index in [-0.39, 0.29) is 0 Å². The molecule has 0 amide bonds. The molecule has 0 atom stereocenters. The second-order valence-corrected chi connectivity index (χ2v) is 15.1. The third-order valence-corrected chi connectivity index (χ3v) is 11.4. The SMILES string of the molecule is NC(=NC(=NCc1ccccc1)c1ccc(-c2cccc3ccccc23)cc1)c1ccc(-c2cccc3oc4ccc(-c5cccc6c5oc5ccccc56)cc4c23)cc1. The third kappa shape index (κ3) is 6.30. The Balaban J connectivity index is 0.937. The Morgan fingerprint density at radius 3 is 1.88 bits per heavy atom. The molecule has 0 aliphatic rings. The van der Waals surface area contributed by atoms with Crippen molar-refractivity contribution in [2.24, 2.45) is 15.7 Å². The maximum atomic E-state index is 6.81. The molecule has 9 aromatic carbocycles. The quantitative estimate of drug-likeness (QED) is 0.129. The zero-order chi connectivity index (χ0) is 40.0. The van der Waals surface area contributed by atoms with Crippen LogP contribution < -0.4 is 5.73 Å². The van der Waals surface area contributed by atoms with Gasteiger partial charge in [-0.15, -0.1) is 0 Å². The monoisotopic (exact) mass is 771 g/mol. The Hall–Kier alpha value is -8.02. The molecule has 5 heteroatoms. The number of nitrogens with zero attached hydrogens (tertiary/aromatic N) is 2. The van der Waals surface area contributed by atoms with Crippen molar-refractivity contribution in [3.8, 4) is 33.4 Å². The number of furan rings is 2. The molecule has 5 nitrogen and oxygen atoms in total. The summed E-state index contributed by atoms with van der Waals surface area (Å²) in [4.78, 5) is 9.96. The first-order chi connectivity index (χ1) is 29.6. The van der Waals surface area contributed by atoms with E-state index in [0.717, 1.165) is 88.4 Å². The lowest BCUT2D eigenvalue weighted by atomic mass is 9.96. The molecule has 60 heavy (non-hydrogen) atoms. The molecule has 2 heterocycles. The van der Waals surface area contributed by atoms with Crippen LogP contribution in [-0.4, -0.2) is 11.7 Å². The van der Waals surface area contributed by atoms with E-state index in [0.29, 0.717) is 18.2 Å². The van der Waals surface area contributed by atoms with Crippen LogP contribution in [-0.2, 0) is 6.54 Å². The fourth-order valence-electron chi connectivity index (χ4n) is 8.43. The normalized spacial score (nSPS) is 12.3. The average Bonchev–Trinajstić information content (AvgIpc) is 3.89. The molecule has 0 spiro atoms. The van der Waals surface area contributed by atoms with Crippen LogP contribution in [0.25, 0.3) is 88.0 Å². The summed E-state index contributed by atoms with van der Waals surface area (Å²) in [6.07, 6.45) is 0. The second-order valence-electron chi connectivity index (χ2n) is 15.1.